The number of rotatable bonds is 50. The lowest BCUT2D eigenvalue weighted by Gasteiger charge is -2.24. The Morgan fingerprint density at radius 1 is 0.478 bits per heavy atom. The van der Waals surface area contributed by atoms with Crippen molar-refractivity contribution in [1.82, 2.24) is 0 Å². The molecule has 0 saturated heterocycles. The Bertz CT molecular complexity index is 1320. The molecule has 67 heavy (non-hydrogen) atoms. The Hall–Kier alpha value is -2.29. The number of hydrogen-bond acceptors (Lipinski definition) is 7. The lowest BCUT2D eigenvalue weighted by molar-refractivity contribution is -0.870. The minimum atomic E-state index is -4.37. The van der Waals surface area contributed by atoms with Gasteiger partial charge in [-0.3, -0.25) is 18.6 Å². The van der Waals surface area contributed by atoms with Crippen molar-refractivity contribution in [3.63, 3.8) is 0 Å². The van der Waals surface area contributed by atoms with Crippen molar-refractivity contribution in [2.24, 2.45) is 0 Å². The van der Waals surface area contributed by atoms with Crippen molar-refractivity contribution >= 4 is 19.8 Å². The smallest absolute Gasteiger partial charge is 0.462 e. The number of allylic oxidation sites excluding steroid dienone is 10. The van der Waals surface area contributed by atoms with Gasteiger partial charge in [0.25, 0.3) is 0 Å². The number of phosphoric ester groups is 1. The number of quaternary nitrogens is 1. The molecule has 390 valence electrons. The van der Waals surface area contributed by atoms with Gasteiger partial charge in [-0.2, -0.15) is 0 Å². The summed E-state index contributed by atoms with van der Waals surface area (Å²) >= 11 is 0. The van der Waals surface area contributed by atoms with Crippen LogP contribution in [-0.2, 0) is 32.7 Å². The predicted molar refractivity (Wildman–Crippen MR) is 284 cm³/mol. The maximum Gasteiger partial charge on any atom is 0.472 e. The molecule has 0 aliphatic rings. The fourth-order valence-electron chi connectivity index (χ4n) is 7.57. The molecule has 0 fully saturated rings. The molecule has 1 N–H and O–H groups in total. The summed E-state index contributed by atoms with van der Waals surface area (Å²) in [4.78, 5) is 35.2. The fraction of sp³-hybridized carbons (Fsp3) is 0.789. The number of likely N-dealkylation sites (N-methyl/N-ethyl adjacent to an activating group) is 1. The molecular weight excluding hydrogens is 858 g/mol. The van der Waals surface area contributed by atoms with E-state index in [-0.39, 0.29) is 32.0 Å². The summed E-state index contributed by atoms with van der Waals surface area (Å²) in [6.07, 6.45) is 62.1. The first-order chi connectivity index (χ1) is 32.5. The molecule has 0 spiro atoms. The molecule has 0 radical (unpaired) electrons. The molecule has 0 aromatic carbocycles. The van der Waals surface area contributed by atoms with Gasteiger partial charge in [0.05, 0.1) is 27.7 Å². The quantitative estimate of drug-likeness (QED) is 0.0211. The topological polar surface area (TPSA) is 108 Å². The Balaban J connectivity index is 3.82. The second-order valence-electron chi connectivity index (χ2n) is 19.6. The highest BCUT2D eigenvalue weighted by Crippen LogP contribution is 2.43. The largest absolute Gasteiger partial charge is 0.472 e. The second-order valence-corrected chi connectivity index (χ2v) is 21.0. The zero-order valence-electron chi connectivity index (χ0n) is 44.1. The molecule has 0 amide bonds. The van der Waals surface area contributed by atoms with Gasteiger partial charge in [-0.05, 0) is 57.8 Å². The van der Waals surface area contributed by atoms with Crippen molar-refractivity contribution in [2.45, 2.75) is 245 Å². The van der Waals surface area contributed by atoms with E-state index in [0.29, 0.717) is 17.4 Å². The van der Waals surface area contributed by atoms with Gasteiger partial charge in [-0.25, -0.2) is 4.57 Å². The van der Waals surface area contributed by atoms with E-state index in [1.165, 1.54) is 135 Å². The highest BCUT2D eigenvalue weighted by atomic mass is 31.2. The minimum Gasteiger partial charge on any atom is -0.462 e. The van der Waals surface area contributed by atoms with Crippen LogP contribution in [0.15, 0.2) is 60.8 Å². The average Bonchev–Trinajstić information content (AvgIpc) is 3.29. The maximum atomic E-state index is 12.7. The van der Waals surface area contributed by atoms with Crippen LogP contribution >= 0.6 is 7.82 Å². The molecule has 0 saturated carbocycles. The van der Waals surface area contributed by atoms with Gasteiger partial charge >= 0.3 is 19.8 Å². The highest BCUT2D eigenvalue weighted by molar-refractivity contribution is 7.47. The van der Waals surface area contributed by atoms with E-state index in [0.717, 1.165) is 70.6 Å². The number of unbranched alkanes of at least 4 members (excludes halogenated alkanes) is 26. The summed E-state index contributed by atoms with van der Waals surface area (Å²) in [5.41, 5.74) is 0. The Kier molecular flexibility index (Phi) is 47.1. The third-order valence-electron chi connectivity index (χ3n) is 11.8. The molecule has 0 rings (SSSR count). The minimum absolute atomic E-state index is 0.0330. The van der Waals surface area contributed by atoms with Gasteiger partial charge in [0.1, 0.15) is 19.8 Å². The molecule has 0 heterocycles. The summed E-state index contributed by atoms with van der Waals surface area (Å²) in [5, 5.41) is 0. The third kappa shape index (κ3) is 52.9. The molecule has 9 nitrogen and oxygen atoms in total. The van der Waals surface area contributed by atoms with Crippen molar-refractivity contribution in [2.75, 3.05) is 47.5 Å². The van der Waals surface area contributed by atoms with E-state index >= 15 is 0 Å². The van der Waals surface area contributed by atoms with Crippen molar-refractivity contribution < 1.29 is 42.1 Å². The molecule has 0 bridgehead atoms. The molecule has 0 aromatic rings. The van der Waals surface area contributed by atoms with Crippen LogP contribution in [0.2, 0.25) is 0 Å². The van der Waals surface area contributed by atoms with Crippen molar-refractivity contribution in [3.8, 4) is 0 Å². The highest BCUT2D eigenvalue weighted by Gasteiger charge is 2.27. The molecular formula is C57H105NO8P+. The Morgan fingerprint density at radius 3 is 1.27 bits per heavy atom. The zero-order chi connectivity index (χ0) is 49.2. The van der Waals surface area contributed by atoms with Crippen LogP contribution in [0.3, 0.4) is 0 Å². The van der Waals surface area contributed by atoms with Crippen LogP contribution < -0.4 is 0 Å². The first-order valence-corrected chi connectivity index (χ1v) is 29.0. The monoisotopic (exact) mass is 963 g/mol. The van der Waals surface area contributed by atoms with Gasteiger partial charge in [0.2, 0.25) is 0 Å². The third-order valence-corrected chi connectivity index (χ3v) is 12.8. The number of phosphoric acid groups is 1. The van der Waals surface area contributed by atoms with Crippen molar-refractivity contribution in [1.29, 1.82) is 0 Å². The first kappa shape index (κ1) is 64.7. The molecule has 2 unspecified atom stereocenters. The van der Waals surface area contributed by atoms with E-state index in [4.69, 9.17) is 18.5 Å². The summed E-state index contributed by atoms with van der Waals surface area (Å²) in [7, 11) is 1.48. The predicted octanol–water partition coefficient (Wildman–Crippen LogP) is 16.8. The number of hydrogen-bond donors (Lipinski definition) is 1. The summed E-state index contributed by atoms with van der Waals surface area (Å²) in [6, 6.07) is 0. The first-order valence-electron chi connectivity index (χ1n) is 27.5. The Labute approximate surface area is 413 Å². The van der Waals surface area contributed by atoms with Crippen LogP contribution in [0.1, 0.15) is 239 Å². The SMILES string of the molecule is CC/C=C\C/C=C\C/C=C\C/C=C\C/C=C\CCCCCCCCCCCCCCCCCCCCCCCC(=O)OC(COC(=O)CCCCCCCC)COP(=O)(O)OCC[N+](C)(C)C. The van der Waals surface area contributed by atoms with E-state index in [1.54, 1.807) is 0 Å². The average molecular weight is 963 g/mol. The lowest BCUT2D eigenvalue weighted by Crippen LogP contribution is -2.37. The molecule has 0 aromatic heterocycles. The zero-order valence-corrected chi connectivity index (χ0v) is 45.0. The normalized spacial score (nSPS) is 13.8. The molecule has 0 aliphatic heterocycles. The molecule has 10 heteroatoms. The van der Waals surface area contributed by atoms with Crippen LogP contribution in [0.4, 0.5) is 0 Å². The Morgan fingerprint density at radius 2 is 0.851 bits per heavy atom. The fourth-order valence-corrected chi connectivity index (χ4v) is 8.31. The number of carbonyl (C=O) groups excluding carboxylic acids is 2. The van der Waals surface area contributed by atoms with Crippen LogP contribution in [0.5, 0.6) is 0 Å². The van der Waals surface area contributed by atoms with E-state index < -0.39 is 26.5 Å². The van der Waals surface area contributed by atoms with Gasteiger partial charge in [0, 0.05) is 12.8 Å². The van der Waals surface area contributed by atoms with Crippen LogP contribution in [0, 0.1) is 0 Å². The number of ether oxygens (including phenoxy) is 2. The van der Waals surface area contributed by atoms with Gasteiger partial charge in [-0.1, -0.05) is 229 Å². The second kappa shape index (κ2) is 48.7. The van der Waals surface area contributed by atoms with Crippen molar-refractivity contribution in [3.05, 3.63) is 60.8 Å². The number of carbonyl (C=O) groups is 2. The maximum absolute atomic E-state index is 12.7. The molecule has 0 aliphatic carbocycles. The van der Waals surface area contributed by atoms with Gasteiger partial charge in [-0.15, -0.1) is 0 Å². The van der Waals surface area contributed by atoms with E-state index in [1.807, 2.05) is 21.1 Å². The van der Waals surface area contributed by atoms with Gasteiger partial charge in [0.15, 0.2) is 6.10 Å². The van der Waals surface area contributed by atoms with Crippen LogP contribution in [0.25, 0.3) is 0 Å². The summed E-state index contributed by atoms with van der Waals surface area (Å²) in [6.45, 7) is 4.26. The standard InChI is InChI=1S/C57H104NO8P/c1-6-8-10-12-14-15-16-17-18-19-20-21-22-23-24-25-26-27-28-29-30-31-32-33-34-35-36-37-38-39-40-41-42-43-44-46-48-50-57(60)66-55(53-63-56(59)49-47-45-13-11-9-7-2)54-65-67(61,62)64-52-51-58(3,4)5/h8,10,14-15,17-18,20-21,23-24,55H,6-7,9,11-13,16,19,22,25-54H2,1-5H3/p+1/b10-8-,15-14-,18-17-,21-20-,24-23-. The van der Waals surface area contributed by atoms with Crippen LogP contribution in [-0.4, -0.2) is 74.9 Å². The van der Waals surface area contributed by atoms with Gasteiger partial charge < -0.3 is 18.9 Å². The lowest BCUT2D eigenvalue weighted by atomic mass is 10.0. The summed E-state index contributed by atoms with van der Waals surface area (Å²) in [5.74, 6) is -0.801. The van der Waals surface area contributed by atoms with E-state index in [9.17, 15) is 19.0 Å². The number of nitrogens with zero attached hydrogens (tertiary/aromatic N) is 1. The summed E-state index contributed by atoms with van der Waals surface area (Å²) < 4.78 is 34.2. The number of esters is 2. The van der Waals surface area contributed by atoms with E-state index in [2.05, 4.69) is 74.6 Å². The molecule has 2 atom stereocenters.